The van der Waals surface area contributed by atoms with Crippen LogP contribution in [0.1, 0.15) is 309 Å². The Labute approximate surface area is 389 Å². The summed E-state index contributed by atoms with van der Waals surface area (Å²) in [6, 6.07) is -0.621. The lowest BCUT2D eigenvalue weighted by molar-refractivity contribution is -0.123. The molecule has 366 valence electrons. The molecule has 0 rings (SSSR count). The summed E-state index contributed by atoms with van der Waals surface area (Å²) in [6.45, 7) is 4.33. The second kappa shape index (κ2) is 53.9. The Bertz CT molecular complexity index is 943. The lowest BCUT2D eigenvalue weighted by atomic mass is 10.0. The van der Waals surface area contributed by atoms with Crippen molar-refractivity contribution in [1.82, 2.24) is 5.32 Å². The molecule has 4 nitrogen and oxygen atoms in total. The van der Waals surface area contributed by atoms with E-state index in [9.17, 15) is 15.0 Å². The first-order valence-electron chi connectivity index (χ1n) is 28.2. The quantitative estimate of drug-likeness (QED) is 0.0421. The number of hydrogen-bond donors (Lipinski definition) is 3. The number of hydrogen-bond acceptors (Lipinski definition) is 3. The largest absolute Gasteiger partial charge is 0.394 e. The maximum absolute atomic E-state index is 12.5. The minimum atomic E-state index is -0.838. The molecule has 0 spiro atoms. The van der Waals surface area contributed by atoms with Crippen LogP contribution < -0.4 is 5.32 Å². The Hall–Kier alpha value is -1.39. The third-order valence-electron chi connectivity index (χ3n) is 13.1. The molecule has 3 N–H and O–H groups in total. The normalized spacial score (nSPS) is 13.0. The van der Waals surface area contributed by atoms with Crippen LogP contribution in [0.25, 0.3) is 0 Å². The van der Waals surface area contributed by atoms with Gasteiger partial charge in [0, 0.05) is 6.42 Å². The zero-order chi connectivity index (χ0) is 44.9. The van der Waals surface area contributed by atoms with Crippen LogP contribution in [-0.4, -0.2) is 34.9 Å². The molecule has 0 heterocycles. The van der Waals surface area contributed by atoms with Crippen molar-refractivity contribution in [2.75, 3.05) is 6.61 Å². The molecule has 0 fully saturated rings. The molecule has 2 unspecified atom stereocenters. The van der Waals surface area contributed by atoms with Crippen molar-refractivity contribution in [3.05, 3.63) is 36.5 Å². The van der Waals surface area contributed by atoms with Gasteiger partial charge in [-0.1, -0.05) is 288 Å². The van der Waals surface area contributed by atoms with E-state index in [1.54, 1.807) is 6.08 Å². The number of rotatable bonds is 52. The van der Waals surface area contributed by atoms with Crippen LogP contribution >= 0.6 is 0 Å². The van der Waals surface area contributed by atoms with Gasteiger partial charge in [0.25, 0.3) is 0 Å². The topological polar surface area (TPSA) is 69.6 Å². The second-order valence-corrected chi connectivity index (χ2v) is 19.4. The van der Waals surface area contributed by atoms with Gasteiger partial charge in [0.1, 0.15) is 0 Å². The van der Waals surface area contributed by atoms with Gasteiger partial charge in [0.2, 0.25) is 5.91 Å². The first kappa shape index (κ1) is 60.6. The maximum Gasteiger partial charge on any atom is 0.220 e. The maximum atomic E-state index is 12.5. The van der Waals surface area contributed by atoms with E-state index in [0.717, 1.165) is 32.1 Å². The van der Waals surface area contributed by atoms with Crippen molar-refractivity contribution < 1.29 is 15.0 Å². The Morgan fingerprint density at radius 1 is 0.387 bits per heavy atom. The summed E-state index contributed by atoms with van der Waals surface area (Å²) in [4.78, 5) is 12.5. The molecule has 1 amide bonds. The van der Waals surface area contributed by atoms with E-state index in [1.165, 1.54) is 257 Å². The average molecular weight is 871 g/mol. The molecule has 0 saturated carbocycles. The first-order valence-corrected chi connectivity index (χ1v) is 28.2. The van der Waals surface area contributed by atoms with Crippen LogP contribution in [0.4, 0.5) is 0 Å². The highest BCUT2D eigenvalue weighted by atomic mass is 16.3. The van der Waals surface area contributed by atoms with E-state index in [4.69, 9.17) is 0 Å². The molecule has 0 aromatic heterocycles. The number of carbonyl (C=O) groups is 1. The Kier molecular flexibility index (Phi) is 52.7. The van der Waals surface area contributed by atoms with Crippen molar-refractivity contribution in [2.45, 2.75) is 321 Å². The van der Waals surface area contributed by atoms with Gasteiger partial charge in [0.15, 0.2) is 0 Å². The zero-order valence-electron chi connectivity index (χ0n) is 42.2. The molecule has 0 radical (unpaired) electrons. The van der Waals surface area contributed by atoms with Crippen LogP contribution in [0, 0.1) is 0 Å². The van der Waals surface area contributed by atoms with E-state index in [1.807, 2.05) is 6.08 Å². The minimum absolute atomic E-state index is 0.0587. The molecule has 0 saturated heterocycles. The molecule has 0 aliphatic heterocycles. The molecule has 62 heavy (non-hydrogen) atoms. The lowest BCUT2D eigenvalue weighted by Crippen LogP contribution is -2.45. The van der Waals surface area contributed by atoms with Crippen LogP contribution in [-0.2, 0) is 4.79 Å². The Morgan fingerprint density at radius 3 is 0.968 bits per heavy atom. The molecule has 0 bridgehead atoms. The number of aliphatic hydroxyl groups is 2. The Morgan fingerprint density at radius 2 is 0.661 bits per heavy atom. The van der Waals surface area contributed by atoms with E-state index >= 15 is 0 Å². The van der Waals surface area contributed by atoms with Crippen molar-refractivity contribution in [1.29, 1.82) is 0 Å². The molecule has 0 aromatic carbocycles. The molecule has 2 atom stereocenters. The third kappa shape index (κ3) is 49.6. The summed E-state index contributed by atoms with van der Waals surface area (Å²) < 4.78 is 0. The number of unbranched alkanes of at least 4 members (excludes halogenated alkanes) is 41. The van der Waals surface area contributed by atoms with Crippen LogP contribution in [0.3, 0.4) is 0 Å². The van der Waals surface area contributed by atoms with Crippen LogP contribution in [0.2, 0.25) is 0 Å². The van der Waals surface area contributed by atoms with E-state index in [2.05, 4.69) is 43.5 Å². The second-order valence-electron chi connectivity index (χ2n) is 19.4. The van der Waals surface area contributed by atoms with Crippen molar-refractivity contribution >= 4 is 5.91 Å². The smallest absolute Gasteiger partial charge is 0.220 e. The fraction of sp³-hybridized carbons (Fsp3) is 0.879. The zero-order valence-corrected chi connectivity index (χ0v) is 42.2. The first-order chi connectivity index (χ1) is 30.7. The number of nitrogens with one attached hydrogen (secondary N) is 1. The summed E-state index contributed by atoms with van der Waals surface area (Å²) >= 11 is 0. The van der Waals surface area contributed by atoms with Gasteiger partial charge in [-0.2, -0.15) is 0 Å². The SMILES string of the molecule is CCCCCCC/C=C\C/C=C\CCCCCCCCCCCCCCCCCCCCCC(=O)NC(CO)C(O)/C=C/CCCCCCCCCCCCCCCCCCC. The summed E-state index contributed by atoms with van der Waals surface area (Å²) in [5, 5.41) is 23.2. The standard InChI is InChI=1S/C58H111NO3/c1-3-5-7-9-11-13-15-17-19-21-23-24-25-26-27-28-29-30-31-32-33-34-36-38-40-42-44-46-48-50-52-54-58(62)59-56(55-60)57(61)53-51-49-47-45-43-41-39-37-35-22-20-18-16-14-12-10-8-6-4-2/h15,17,21,23,51,53,56-57,60-61H,3-14,16,18-20,22,24-50,52,54-55H2,1-2H3,(H,59,62)/b17-15-,23-21-,53-51+. The third-order valence-corrected chi connectivity index (χ3v) is 13.1. The van der Waals surface area contributed by atoms with Gasteiger partial charge in [-0.3, -0.25) is 4.79 Å². The number of allylic oxidation sites excluding steroid dienone is 5. The molecule has 0 aromatic rings. The van der Waals surface area contributed by atoms with E-state index in [0.29, 0.717) is 6.42 Å². The van der Waals surface area contributed by atoms with Gasteiger partial charge in [-0.25, -0.2) is 0 Å². The molecule has 0 aliphatic rings. The van der Waals surface area contributed by atoms with E-state index < -0.39 is 12.1 Å². The summed E-state index contributed by atoms with van der Waals surface area (Å²) in [5.74, 6) is -0.0587. The highest BCUT2D eigenvalue weighted by molar-refractivity contribution is 5.76. The number of carbonyl (C=O) groups excluding carboxylic acids is 1. The molecular weight excluding hydrogens is 759 g/mol. The van der Waals surface area contributed by atoms with Crippen molar-refractivity contribution in [3.63, 3.8) is 0 Å². The molecular formula is C58H111NO3. The predicted octanol–water partition coefficient (Wildman–Crippen LogP) is 18.5. The minimum Gasteiger partial charge on any atom is -0.394 e. The highest BCUT2D eigenvalue weighted by Crippen LogP contribution is 2.17. The summed E-state index contributed by atoms with van der Waals surface area (Å²) in [7, 11) is 0. The van der Waals surface area contributed by atoms with Gasteiger partial charge in [-0.05, 0) is 51.4 Å². The van der Waals surface area contributed by atoms with Gasteiger partial charge in [-0.15, -0.1) is 0 Å². The lowest BCUT2D eigenvalue weighted by Gasteiger charge is -2.20. The fourth-order valence-corrected chi connectivity index (χ4v) is 8.80. The molecule has 0 aliphatic carbocycles. The summed E-state index contributed by atoms with van der Waals surface area (Å²) in [5.41, 5.74) is 0. The van der Waals surface area contributed by atoms with Gasteiger partial charge >= 0.3 is 0 Å². The average Bonchev–Trinajstić information content (AvgIpc) is 3.28. The van der Waals surface area contributed by atoms with Gasteiger partial charge < -0.3 is 15.5 Å². The van der Waals surface area contributed by atoms with E-state index in [-0.39, 0.29) is 12.5 Å². The number of amides is 1. The summed E-state index contributed by atoms with van der Waals surface area (Å²) in [6.07, 6.45) is 73.1. The van der Waals surface area contributed by atoms with Crippen LogP contribution in [0.5, 0.6) is 0 Å². The highest BCUT2D eigenvalue weighted by Gasteiger charge is 2.18. The molecule has 4 heteroatoms. The van der Waals surface area contributed by atoms with Gasteiger partial charge in [0.05, 0.1) is 18.8 Å². The Balaban J connectivity index is 3.45. The van der Waals surface area contributed by atoms with Crippen molar-refractivity contribution in [3.8, 4) is 0 Å². The van der Waals surface area contributed by atoms with Crippen molar-refractivity contribution in [2.24, 2.45) is 0 Å². The monoisotopic (exact) mass is 870 g/mol. The van der Waals surface area contributed by atoms with Crippen LogP contribution in [0.15, 0.2) is 36.5 Å². The number of aliphatic hydroxyl groups excluding tert-OH is 2. The predicted molar refractivity (Wildman–Crippen MR) is 276 cm³/mol. The fourth-order valence-electron chi connectivity index (χ4n) is 8.80.